The molecule has 3 nitrogen and oxygen atoms in total. The number of aliphatic hydroxyl groups is 1. The fourth-order valence-corrected chi connectivity index (χ4v) is 3.67. The molecule has 0 radical (unpaired) electrons. The average molecular weight is 369 g/mol. The summed E-state index contributed by atoms with van der Waals surface area (Å²) in [6, 6.07) is 12.9. The van der Waals surface area contributed by atoms with E-state index in [9.17, 15) is 0 Å². The number of hydrogen-bond donors (Lipinski definition) is 2. The normalized spacial score (nSPS) is 12.2. The Hall–Kier alpha value is -1.04. The third-order valence-corrected chi connectivity index (χ3v) is 5.19. The smallest absolute Gasteiger partial charge is 0.0702 e. The fourth-order valence-electron chi connectivity index (χ4n) is 2.24. The fraction of sp³-hybridized carbons (Fsp3) is 0.375. The number of anilines is 2. The van der Waals surface area contributed by atoms with E-state index in [4.69, 9.17) is 5.11 Å². The summed E-state index contributed by atoms with van der Waals surface area (Å²) in [5.74, 6) is 0. The van der Waals surface area contributed by atoms with Gasteiger partial charge in [-0.3, -0.25) is 0 Å². The van der Waals surface area contributed by atoms with E-state index in [1.54, 1.807) is 11.3 Å². The van der Waals surface area contributed by atoms with Gasteiger partial charge >= 0.3 is 0 Å². The standard InChI is InChI=1S/C16H21BrN2OS/c1-3-19(10-11-20)14-6-4-13(5-7-14)18-12(2)15-8-9-16(17)21-15/h4-9,12,18,20H,3,10-11H2,1-2H3. The highest BCUT2D eigenvalue weighted by atomic mass is 79.9. The molecule has 2 rings (SSSR count). The Balaban J connectivity index is 2.02. The maximum Gasteiger partial charge on any atom is 0.0702 e. The quantitative estimate of drug-likeness (QED) is 0.754. The first-order valence-electron chi connectivity index (χ1n) is 7.11. The van der Waals surface area contributed by atoms with Crippen molar-refractivity contribution in [2.24, 2.45) is 0 Å². The number of benzene rings is 1. The molecule has 114 valence electrons. The van der Waals surface area contributed by atoms with Gasteiger partial charge in [0, 0.05) is 29.3 Å². The summed E-state index contributed by atoms with van der Waals surface area (Å²) in [5, 5.41) is 12.6. The number of rotatable bonds is 7. The topological polar surface area (TPSA) is 35.5 Å². The second-order valence-electron chi connectivity index (χ2n) is 4.86. The monoisotopic (exact) mass is 368 g/mol. The minimum atomic E-state index is 0.179. The molecule has 21 heavy (non-hydrogen) atoms. The van der Waals surface area contributed by atoms with E-state index >= 15 is 0 Å². The van der Waals surface area contributed by atoms with E-state index in [1.807, 2.05) is 0 Å². The molecule has 0 amide bonds. The summed E-state index contributed by atoms with van der Waals surface area (Å²) in [4.78, 5) is 3.46. The summed E-state index contributed by atoms with van der Waals surface area (Å²) in [6.45, 7) is 6.00. The minimum absolute atomic E-state index is 0.179. The van der Waals surface area contributed by atoms with Gasteiger partial charge in [-0.2, -0.15) is 0 Å². The van der Waals surface area contributed by atoms with Crippen molar-refractivity contribution in [1.29, 1.82) is 0 Å². The van der Waals surface area contributed by atoms with Crippen molar-refractivity contribution in [3.05, 3.63) is 45.1 Å². The summed E-state index contributed by atoms with van der Waals surface area (Å²) < 4.78 is 1.16. The molecule has 0 bridgehead atoms. The molecule has 1 unspecified atom stereocenters. The highest BCUT2D eigenvalue weighted by Gasteiger charge is 2.08. The van der Waals surface area contributed by atoms with Gasteiger partial charge in [-0.05, 0) is 66.2 Å². The molecule has 1 aromatic carbocycles. The molecule has 0 fully saturated rings. The molecule has 0 aliphatic carbocycles. The van der Waals surface area contributed by atoms with Crippen molar-refractivity contribution in [2.45, 2.75) is 19.9 Å². The van der Waals surface area contributed by atoms with Crippen LogP contribution < -0.4 is 10.2 Å². The zero-order valence-corrected chi connectivity index (χ0v) is 14.7. The summed E-state index contributed by atoms with van der Waals surface area (Å²) in [7, 11) is 0. The largest absolute Gasteiger partial charge is 0.395 e. The van der Waals surface area contributed by atoms with Gasteiger partial charge in [-0.1, -0.05) is 0 Å². The number of hydrogen-bond acceptors (Lipinski definition) is 4. The second-order valence-corrected chi connectivity index (χ2v) is 7.35. The molecule has 0 aliphatic heterocycles. The van der Waals surface area contributed by atoms with Gasteiger partial charge in [-0.25, -0.2) is 0 Å². The number of aliphatic hydroxyl groups excluding tert-OH is 1. The zero-order valence-electron chi connectivity index (χ0n) is 12.3. The van der Waals surface area contributed by atoms with Gasteiger partial charge in [0.05, 0.1) is 16.4 Å². The van der Waals surface area contributed by atoms with Gasteiger partial charge in [0.15, 0.2) is 0 Å². The van der Waals surface area contributed by atoms with Crippen molar-refractivity contribution < 1.29 is 5.11 Å². The van der Waals surface area contributed by atoms with Crippen LogP contribution >= 0.6 is 27.3 Å². The van der Waals surface area contributed by atoms with Crippen LogP contribution in [0.25, 0.3) is 0 Å². The highest BCUT2D eigenvalue weighted by Crippen LogP contribution is 2.29. The summed E-state index contributed by atoms with van der Waals surface area (Å²) >= 11 is 5.25. The third kappa shape index (κ3) is 4.46. The molecule has 1 heterocycles. The average Bonchev–Trinajstić information content (AvgIpc) is 2.92. The molecule has 0 saturated carbocycles. The predicted molar refractivity (Wildman–Crippen MR) is 95.5 cm³/mol. The van der Waals surface area contributed by atoms with Gasteiger partial charge < -0.3 is 15.3 Å². The summed E-state index contributed by atoms with van der Waals surface area (Å²) in [5.41, 5.74) is 2.25. The van der Waals surface area contributed by atoms with Crippen molar-refractivity contribution in [3.63, 3.8) is 0 Å². The van der Waals surface area contributed by atoms with Crippen molar-refractivity contribution in [2.75, 3.05) is 29.9 Å². The molecule has 5 heteroatoms. The SMILES string of the molecule is CCN(CCO)c1ccc(NC(C)c2ccc(Br)s2)cc1. The Labute approximate surface area is 138 Å². The van der Waals surface area contributed by atoms with Crippen LogP contribution in [0.3, 0.4) is 0 Å². The zero-order chi connectivity index (χ0) is 15.2. The Bertz CT molecular complexity index is 556. The Morgan fingerprint density at radius 3 is 2.48 bits per heavy atom. The predicted octanol–water partition coefficient (Wildman–Crippen LogP) is 4.50. The lowest BCUT2D eigenvalue weighted by Gasteiger charge is -2.22. The van der Waals surface area contributed by atoms with E-state index in [2.05, 4.69) is 76.4 Å². The first-order chi connectivity index (χ1) is 10.1. The number of likely N-dealkylation sites (N-methyl/N-ethyl adjacent to an activating group) is 1. The van der Waals surface area contributed by atoms with Gasteiger partial charge in [0.2, 0.25) is 0 Å². The lowest BCUT2D eigenvalue weighted by atomic mass is 10.2. The van der Waals surface area contributed by atoms with Crippen LogP contribution in [0.15, 0.2) is 40.2 Å². The van der Waals surface area contributed by atoms with Gasteiger partial charge in [0.1, 0.15) is 0 Å². The van der Waals surface area contributed by atoms with Crippen LogP contribution in [0.2, 0.25) is 0 Å². The number of halogens is 1. The van der Waals surface area contributed by atoms with Crippen LogP contribution in [0.1, 0.15) is 24.8 Å². The Morgan fingerprint density at radius 1 is 1.24 bits per heavy atom. The maximum absolute atomic E-state index is 9.07. The van der Waals surface area contributed by atoms with Gasteiger partial charge in [-0.15, -0.1) is 11.3 Å². The molecule has 2 aromatic rings. The molecule has 0 spiro atoms. The van der Waals surface area contributed by atoms with E-state index in [1.165, 1.54) is 4.88 Å². The first-order valence-corrected chi connectivity index (χ1v) is 8.72. The minimum Gasteiger partial charge on any atom is -0.395 e. The third-order valence-electron chi connectivity index (χ3n) is 3.39. The van der Waals surface area contributed by atoms with Crippen molar-refractivity contribution in [1.82, 2.24) is 0 Å². The van der Waals surface area contributed by atoms with E-state index < -0.39 is 0 Å². The molecule has 0 aliphatic rings. The summed E-state index contributed by atoms with van der Waals surface area (Å²) in [6.07, 6.45) is 0. The van der Waals surface area contributed by atoms with Gasteiger partial charge in [0.25, 0.3) is 0 Å². The molecular weight excluding hydrogens is 348 g/mol. The van der Waals surface area contributed by atoms with E-state index in [-0.39, 0.29) is 12.6 Å². The molecule has 1 atom stereocenters. The van der Waals surface area contributed by atoms with Crippen LogP contribution in [0, 0.1) is 0 Å². The van der Waals surface area contributed by atoms with Crippen molar-refractivity contribution >= 4 is 38.6 Å². The van der Waals surface area contributed by atoms with Crippen LogP contribution in [0.4, 0.5) is 11.4 Å². The maximum atomic E-state index is 9.07. The number of thiophene rings is 1. The number of nitrogens with one attached hydrogen (secondary N) is 1. The second kappa shape index (κ2) is 7.82. The van der Waals surface area contributed by atoms with E-state index in [0.717, 1.165) is 21.7 Å². The molecule has 2 N–H and O–H groups in total. The molecule has 1 aromatic heterocycles. The lowest BCUT2D eigenvalue weighted by molar-refractivity contribution is 0.302. The molecule has 0 saturated heterocycles. The number of nitrogens with zero attached hydrogens (tertiary/aromatic N) is 1. The Kier molecular flexibility index (Phi) is 6.08. The van der Waals surface area contributed by atoms with E-state index in [0.29, 0.717) is 6.54 Å². The Morgan fingerprint density at radius 2 is 1.95 bits per heavy atom. The van der Waals surface area contributed by atoms with Crippen LogP contribution in [0.5, 0.6) is 0 Å². The highest BCUT2D eigenvalue weighted by molar-refractivity contribution is 9.11. The van der Waals surface area contributed by atoms with Crippen LogP contribution in [-0.2, 0) is 0 Å². The van der Waals surface area contributed by atoms with Crippen LogP contribution in [-0.4, -0.2) is 24.8 Å². The first kappa shape index (κ1) is 16.3. The van der Waals surface area contributed by atoms with Crippen molar-refractivity contribution in [3.8, 4) is 0 Å². The lowest BCUT2D eigenvalue weighted by Crippen LogP contribution is -2.25. The molecular formula is C16H21BrN2OS.